The summed E-state index contributed by atoms with van der Waals surface area (Å²) in [5.41, 5.74) is 0.254. The normalized spacial score (nSPS) is 20.6. The fourth-order valence-corrected chi connectivity index (χ4v) is 4.69. The number of aromatic amines is 1. The Labute approximate surface area is 187 Å². The second-order valence-corrected chi connectivity index (χ2v) is 8.43. The smallest absolute Gasteiger partial charge is 0.383 e. The van der Waals surface area contributed by atoms with Gasteiger partial charge in [-0.2, -0.15) is 18.3 Å². The van der Waals surface area contributed by atoms with Gasteiger partial charge >= 0.3 is 6.18 Å². The molecule has 1 amide bonds. The molecule has 3 heterocycles. The molecule has 2 aliphatic heterocycles. The molecule has 1 fully saturated rings. The van der Waals surface area contributed by atoms with E-state index >= 15 is 0 Å². The number of alkyl halides is 3. The molecule has 0 saturated carbocycles. The molecular formula is C22H25F5N4O2. The highest BCUT2D eigenvalue weighted by molar-refractivity contribution is 5.94. The number of hydrogen-bond donors (Lipinski definition) is 1. The minimum absolute atomic E-state index is 0.119. The number of ether oxygens (including phenoxy) is 1. The number of H-pyrrole nitrogens is 1. The van der Waals surface area contributed by atoms with E-state index in [0.29, 0.717) is 31.9 Å². The summed E-state index contributed by atoms with van der Waals surface area (Å²) in [6.07, 6.45) is -2.64. The molecule has 3 aliphatic rings. The van der Waals surface area contributed by atoms with Crippen molar-refractivity contribution in [2.75, 3.05) is 33.4 Å². The fourth-order valence-electron chi connectivity index (χ4n) is 4.69. The number of carbonyl (C=O) groups is 1. The van der Waals surface area contributed by atoms with Gasteiger partial charge < -0.3 is 9.64 Å². The Morgan fingerprint density at radius 3 is 2.61 bits per heavy atom. The zero-order chi connectivity index (χ0) is 23.8. The number of aromatic nitrogens is 2. The van der Waals surface area contributed by atoms with Gasteiger partial charge in [-0.3, -0.25) is 14.8 Å². The highest BCUT2D eigenvalue weighted by atomic mass is 19.4. The Hall–Kier alpha value is -2.53. The number of nitrogens with one attached hydrogen (secondary N) is 1. The second-order valence-electron chi connectivity index (χ2n) is 8.43. The maximum absolute atomic E-state index is 14.2. The first kappa shape index (κ1) is 23.6. The van der Waals surface area contributed by atoms with Gasteiger partial charge in [0.25, 0.3) is 5.91 Å². The highest BCUT2D eigenvalue weighted by Gasteiger charge is 2.43. The minimum atomic E-state index is -5.01. The van der Waals surface area contributed by atoms with Crippen LogP contribution in [0.1, 0.15) is 41.0 Å². The first-order chi connectivity index (χ1) is 15.7. The third-order valence-electron chi connectivity index (χ3n) is 6.39. The van der Waals surface area contributed by atoms with Crippen molar-refractivity contribution in [3.63, 3.8) is 0 Å². The monoisotopic (exact) mass is 472 g/mol. The van der Waals surface area contributed by atoms with Crippen LogP contribution in [0.3, 0.4) is 0 Å². The van der Waals surface area contributed by atoms with Gasteiger partial charge in [0, 0.05) is 45.4 Å². The van der Waals surface area contributed by atoms with Crippen molar-refractivity contribution in [3.8, 4) is 0 Å². The molecule has 0 atom stereocenters. The van der Waals surface area contributed by atoms with E-state index < -0.39 is 29.3 Å². The number of halogens is 5. The van der Waals surface area contributed by atoms with Crippen LogP contribution >= 0.6 is 0 Å². The molecule has 1 aromatic rings. The van der Waals surface area contributed by atoms with Crippen LogP contribution in [-0.2, 0) is 17.8 Å². The van der Waals surface area contributed by atoms with Crippen LogP contribution in [0, 0.1) is 5.92 Å². The molecule has 180 valence electrons. The zero-order valence-corrected chi connectivity index (χ0v) is 18.1. The predicted molar refractivity (Wildman–Crippen MR) is 109 cm³/mol. The van der Waals surface area contributed by atoms with Crippen molar-refractivity contribution in [1.29, 1.82) is 0 Å². The van der Waals surface area contributed by atoms with Crippen LogP contribution in [0.5, 0.6) is 0 Å². The molecule has 11 heteroatoms. The fraction of sp³-hybridized carbons (Fsp3) is 0.545. The average Bonchev–Trinajstić information content (AvgIpc) is 3.31. The van der Waals surface area contributed by atoms with E-state index in [1.54, 1.807) is 12.0 Å². The summed E-state index contributed by atoms with van der Waals surface area (Å²) < 4.78 is 73.7. The highest BCUT2D eigenvalue weighted by Crippen LogP contribution is 2.44. The second kappa shape index (κ2) is 9.38. The number of hydrogen-bond acceptors (Lipinski definition) is 4. The topological polar surface area (TPSA) is 61.5 Å². The van der Waals surface area contributed by atoms with Gasteiger partial charge in [0.2, 0.25) is 0 Å². The Bertz CT molecular complexity index is 1000. The standard InChI is InChI=1S/C22H25F5N4O2/c1-33-10-9-30-11-15-17(12-30)28-29-20(15)21(32)31-7-5-13(6-8-31)14-3-2-4-16(23)19(24)18(14)22(25,26)27/h3-4,13H,2,5-12H2,1H3,(H,28,29). The van der Waals surface area contributed by atoms with Gasteiger partial charge in [0.1, 0.15) is 0 Å². The van der Waals surface area contributed by atoms with E-state index in [2.05, 4.69) is 15.1 Å². The van der Waals surface area contributed by atoms with Crippen molar-refractivity contribution >= 4 is 5.91 Å². The molecule has 0 radical (unpaired) electrons. The lowest BCUT2D eigenvalue weighted by Gasteiger charge is -2.34. The summed E-state index contributed by atoms with van der Waals surface area (Å²) >= 11 is 0. The van der Waals surface area contributed by atoms with Crippen molar-refractivity contribution in [3.05, 3.63) is 51.9 Å². The van der Waals surface area contributed by atoms with Gasteiger partial charge in [0.05, 0.1) is 17.9 Å². The average molecular weight is 472 g/mol. The molecule has 1 saturated heterocycles. The minimum Gasteiger partial charge on any atom is -0.383 e. The van der Waals surface area contributed by atoms with Crippen molar-refractivity contribution in [1.82, 2.24) is 20.0 Å². The van der Waals surface area contributed by atoms with Crippen LogP contribution < -0.4 is 0 Å². The third-order valence-corrected chi connectivity index (χ3v) is 6.39. The Kier molecular flexibility index (Phi) is 6.71. The largest absolute Gasteiger partial charge is 0.419 e. The van der Waals surface area contributed by atoms with Crippen molar-refractivity contribution in [2.24, 2.45) is 5.92 Å². The van der Waals surface area contributed by atoms with Crippen LogP contribution in [0.2, 0.25) is 0 Å². The lowest BCUT2D eigenvalue weighted by molar-refractivity contribution is -0.0922. The van der Waals surface area contributed by atoms with Crippen LogP contribution in [0.25, 0.3) is 0 Å². The predicted octanol–water partition coefficient (Wildman–Crippen LogP) is 4.19. The lowest BCUT2D eigenvalue weighted by atomic mass is 9.84. The number of allylic oxidation sites excluding steroid dienone is 6. The van der Waals surface area contributed by atoms with E-state index in [9.17, 15) is 26.7 Å². The maximum atomic E-state index is 14.2. The van der Waals surface area contributed by atoms with Gasteiger partial charge in [-0.25, -0.2) is 8.78 Å². The molecule has 1 aliphatic carbocycles. The van der Waals surface area contributed by atoms with Crippen molar-refractivity contribution in [2.45, 2.75) is 38.5 Å². The van der Waals surface area contributed by atoms with Crippen LogP contribution in [0.4, 0.5) is 22.0 Å². The van der Waals surface area contributed by atoms with Gasteiger partial charge in [0.15, 0.2) is 17.3 Å². The maximum Gasteiger partial charge on any atom is 0.419 e. The van der Waals surface area contributed by atoms with Crippen LogP contribution in [-0.4, -0.2) is 65.4 Å². The quantitative estimate of drug-likeness (QED) is 0.653. The van der Waals surface area contributed by atoms with E-state index in [0.717, 1.165) is 17.3 Å². The molecule has 6 nitrogen and oxygen atoms in total. The van der Waals surface area contributed by atoms with E-state index in [4.69, 9.17) is 4.74 Å². The molecule has 1 aromatic heterocycles. The SMILES string of the molecule is COCCN1Cc2[nH]nc(C(=O)N3CCC(C4=CCC=C(F)C(F)=C4C(F)(F)F)CC3)c2C1. The number of piperidine rings is 1. The summed E-state index contributed by atoms with van der Waals surface area (Å²) in [7, 11) is 1.62. The van der Waals surface area contributed by atoms with E-state index in [1.807, 2.05) is 0 Å². The van der Waals surface area contributed by atoms with Crippen molar-refractivity contribution < 1.29 is 31.5 Å². The van der Waals surface area contributed by atoms with E-state index in [1.165, 1.54) is 6.08 Å². The Morgan fingerprint density at radius 2 is 1.94 bits per heavy atom. The summed E-state index contributed by atoms with van der Waals surface area (Å²) in [5.74, 6) is -4.26. The number of rotatable bonds is 5. The third kappa shape index (κ3) is 4.74. The summed E-state index contributed by atoms with van der Waals surface area (Å²) in [5, 5.41) is 7.08. The Balaban J connectivity index is 1.44. The number of fused-ring (bicyclic) bond motifs is 1. The van der Waals surface area contributed by atoms with Gasteiger partial charge in [-0.15, -0.1) is 0 Å². The lowest BCUT2D eigenvalue weighted by Crippen LogP contribution is -2.40. The molecule has 1 N–H and O–H groups in total. The molecule has 0 bridgehead atoms. The number of carbonyl (C=O) groups excluding carboxylic acids is 1. The van der Waals surface area contributed by atoms with Crippen LogP contribution in [0.15, 0.2) is 35.0 Å². The number of likely N-dealkylation sites (tertiary alicyclic amines) is 1. The molecule has 0 unspecified atom stereocenters. The van der Waals surface area contributed by atoms with Gasteiger partial charge in [-0.05, 0) is 36.8 Å². The molecule has 33 heavy (non-hydrogen) atoms. The number of methoxy groups -OCH3 is 1. The zero-order valence-electron chi connectivity index (χ0n) is 18.1. The first-order valence-electron chi connectivity index (χ1n) is 10.8. The van der Waals surface area contributed by atoms with E-state index in [-0.39, 0.29) is 43.8 Å². The summed E-state index contributed by atoms with van der Waals surface area (Å²) in [6.45, 7) is 2.90. The molecular weight excluding hydrogens is 447 g/mol. The first-order valence-corrected chi connectivity index (χ1v) is 10.8. The van der Waals surface area contributed by atoms with Gasteiger partial charge in [-0.1, -0.05) is 6.08 Å². The summed E-state index contributed by atoms with van der Waals surface area (Å²) in [6, 6.07) is 0. The molecule has 0 aromatic carbocycles. The number of nitrogens with zero attached hydrogens (tertiary/aromatic N) is 3. The molecule has 4 rings (SSSR count). The Morgan fingerprint density at radius 1 is 1.21 bits per heavy atom. The summed E-state index contributed by atoms with van der Waals surface area (Å²) in [4.78, 5) is 16.8. The molecule has 0 spiro atoms. The number of amides is 1.